The van der Waals surface area contributed by atoms with Gasteiger partial charge in [0.05, 0.1) is 0 Å². The van der Waals surface area contributed by atoms with E-state index in [1.54, 1.807) is 6.07 Å². The monoisotopic (exact) mass is 224 g/mol. The maximum Gasteiger partial charge on any atom is 0.130 e. The third-order valence-corrected chi connectivity index (χ3v) is 3.56. The Bertz CT molecular complexity index is 408. The van der Waals surface area contributed by atoms with Gasteiger partial charge in [0.1, 0.15) is 11.6 Å². The summed E-state index contributed by atoms with van der Waals surface area (Å²) in [4.78, 5) is 2.28. The zero-order chi connectivity index (χ0) is 11.1. The summed E-state index contributed by atoms with van der Waals surface area (Å²) in [7, 11) is 0. The Balaban J connectivity index is 1.74. The fourth-order valence-electron chi connectivity index (χ4n) is 2.71. The molecule has 0 radical (unpaired) electrons. The summed E-state index contributed by atoms with van der Waals surface area (Å²) in [6.07, 6.45) is 1.16. The third-order valence-electron chi connectivity index (χ3n) is 3.56. The van der Waals surface area contributed by atoms with E-state index in [0.29, 0.717) is 24.2 Å². The van der Waals surface area contributed by atoms with Gasteiger partial charge in [-0.25, -0.2) is 8.78 Å². The first-order valence-corrected chi connectivity index (χ1v) is 5.64. The van der Waals surface area contributed by atoms with Gasteiger partial charge < -0.3 is 5.32 Å². The highest BCUT2D eigenvalue weighted by atomic mass is 19.1. The van der Waals surface area contributed by atoms with Gasteiger partial charge in [-0.15, -0.1) is 0 Å². The van der Waals surface area contributed by atoms with Gasteiger partial charge in [0.25, 0.3) is 0 Å². The van der Waals surface area contributed by atoms with Crippen molar-refractivity contribution in [3.8, 4) is 0 Å². The van der Waals surface area contributed by atoms with E-state index in [1.807, 2.05) is 0 Å². The molecule has 2 saturated heterocycles. The molecular weight excluding hydrogens is 210 g/mol. The molecule has 2 aliphatic heterocycles. The maximum atomic E-state index is 13.5. The van der Waals surface area contributed by atoms with E-state index >= 15 is 0 Å². The number of piperazine rings is 1. The molecule has 2 aliphatic rings. The molecule has 0 saturated carbocycles. The molecule has 2 atom stereocenters. The van der Waals surface area contributed by atoms with Gasteiger partial charge in [-0.05, 0) is 12.5 Å². The first-order chi connectivity index (χ1) is 7.72. The van der Waals surface area contributed by atoms with E-state index < -0.39 is 11.6 Å². The first-order valence-electron chi connectivity index (χ1n) is 5.64. The molecule has 0 spiro atoms. The van der Waals surface area contributed by atoms with Crippen molar-refractivity contribution in [3.05, 3.63) is 35.4 Å². The molecule has 2 fully saturated rings. The Morgan fingerprint density at radius 1 is 1.38 bits per heavy atom. The van der Waals surface area contributed by atoms with Crippen LogP contribution in [0.15, 0.2) is 18.2 Å². The van der Waals surface area contributed by atoms with Gasteiger partial charge in [0.2, 0.25) is 0 Å². The van der Waals surface area contributed by atoms with E-state index in [9.17, 15) is 8.78 Å². The lowest BCUT2D eigenvalue weighted by atomic mass is 10.1. The average Bonchev–Trinajstić information content (AvgIpc) is 2.84. The smallest absolute Gasteiger partial charge is 0.130 e. The van der Waals surface area contributed by atoms with E-state index in [0.717, 1.165) is 25.6 Å². The molecule has 4 heteroatoms. The lowest BCUT2D eigenvalue weighted by Gasteiger charge is -2.27. The molecule has 16 heavy (non-hydrogen) atoms. The van der Waals surface area contributed by atoms with Crippen LogP contribution in [0.3, 0.4) is 0 Å². The van der Waals surface area contributed by atoms with Crippen molar-refractivity contribution >= 4 is 0 Å². The molecule has 2 bridgehead atoms. The van der Waals surface area contributed by atoms with Crippen LogP contribution >= 0.6 is 0 Å². The number of halogens is 2. The molecule has 0 unspecified atom stereocenters. The summed E-state index contributed by atoms with van der Waals surface area (Å²) in [5.41, 5.74) is 0.592. The number of nitrogens with one attached hydrogen (secondary N) is 1. The third kappa shape index (κ3) is 1.72. The standard InChI is InChI=1S/C12H14F2N2/c13-9-2-1-8(12(14)3-9)6-16-7-10-4-11(16)5-15-10/h1-3,10-11,15H,4-7H2/t10-,11+/m0/s1. The maximum absolute atomic E-state index is 13.5. The normalized spacial score (nSPS) is 28.9. The average molecular weight is 224 g/mol. The second kappa shape index (κ2) is 3.79. The number of likely N-dealkylation sites (tertiary alicyclic amines) is 1. The van der Waals surface area contributed by atoms with Gasteiger partial charge >= 0.3 is 0 Å². The summed E-state index contributed by atoms with van der Waals surface area (Å²) >= 11 is 0. The Morgan fingerprint density at radius 2 is 2.25 bits per heavy atom. The number of hydrogen-bond acceptors (Lipinski definition) is 2. The molecule has 0 aromatic heterocycles. The number of hydrogen-bond donors (Lipinski definition) is 1. The van der Waals surface area contributed by atoms with Gasteiger partial charge in [0.15, 0.2) is 0 Å². The van der Waals surface area contributed by atoms with Crippen LogP contribution in [-0.4, -0.2) is 30.1 Å². The molecular formula is C12H14F2N2. The summed E-state index contributed by atoms with van der Waals surface area (Å²) in [6.45, 7) is 2.56. The first kappa shape index (κ1) is 10.2. The van der Waals surface area contributed by atoms with Crippen LogP contribution in [-0.2, 0) is 6.54 Å². The predicted molar refractivity (Wildman–Crippen MR) is 57.0 cm³/mol. The summed E-state index contributed by atoms with van der Waals surface area (Å²) < 4.78 is 26.2. The minimum Gasteiger partial charge on any atom is -0.311 e. The van der Waals surface area contributed by atoms with Crippen molar-refractivity contribution in [2.45, 2.75) is 25.0 Å². The SMILES string of the molecule is Fc1ccc(CN2C[C@@H]3C[C@@H]2CN3)c(F)c1. The van der Waals surface area contributed by atoms with Gasteiger partial charge in [0, 0.05) is 43.3 Å². The summed E-state index contributed by atoms with van der Waals surface area (Å²) in [5.74, 6) is -0.943. The Morgan fingerprint density at radius 3 is 2.88 bits per heavy atom. The molecule has 86 valence electrons. The van der Waals surface area contributed by atoms with Crippen molar-refractivity contribution in [1.29, 1.82) is 0 Å². The molecule has 0 aliphatic carbocycles. The molecule has 3 rings (SSSR count). The van der Waals surface area contributed by atoms with Crippen molar-refractivity contribution in [2.75, 3.05) is 13.1 Å². The van der Waals surface area contributed by atoms with Crippen LogP contribution in [0.25, 0.3) is 0 Å². The second-order valence-corrected chi connectivity index (χ2v) is 4.66. The quantitative estimate of drug-likeness (QED) is 0.819. The van der Waals surface area contributed by atoms with Crippen LogP contribution in [0.4, 0.5) is 8.78 Å². The predicted octanol–water partition coefficient (Wildman–Crippen LogP) is 1.51. The van der Waals surface area contributed by atoms with Crippen molar-refractivity contribution in [1.82, 2.24) is 10.2 Å². The topological polar surface area (TPSA) is 15.3 Å². The highest BCUT2D eigenvalue weighted by molar-refractivity contribution is 5.19. The molecule has 1 aromatic carbocycles. The minimum absolute atomic E-state index is 0.435. The second-order valence-electron chi connectivity index (χ2n) is 4.66. The van der Waals surface area contributed by atoms with E-state index in [4.69, 9.17) is 0 Å². The molecule has 2 nitrogen and oxygen atoms in total. The Labute approximate surface area is 93.3 Å². The van der Waals surface area contributed by atoms with E-state index in [1.165, 1.54) is 6.07 Å². The van der Waals surface area contributed by atoms with Crippen LogP contribution in [0.2, 0.25) is 0 Å². The largest absolute Gasteiger partial charge is 0.311 e. The zero-order valence-electron chi connectivity index (χ0n) is 8.92. The van der Waals surface area contributed by atoms with Gasteiger partial charge in [-0.1, -0.05) is 6.07 Å². The Kier molecular flexibility index (Phi) is 2.41. The van der Waals surface area contributed by atoms with Crippen molar-refractivity contribution in [2.24, 2.45) is 0 Å². The summed E-state index contributed by atoms with van der Waals surface area (Å²) in [5, 5.41) is 3.40. The van der Waals surface area contributed by atoms with Crippen LogP contribution in [0.5, 0.6) is 0 Å². The van der Waals surface area contributed by atoms with E-state index in [2.05, 4.69) is 10.2 Å². The highest BCUT2D eigenvalue weighted by Crippen LogP contribution is 2.25. The van der Waals surface area contributed by atoms with Crippen molar-refractivity contribution in [3.63, 3.8) is 0 Å². The van der Waals surface area contributed by atoms with Crippen LogP contribution in [0, 0.1) is 11.6 Å². The van der Waals surface area contributed by atoms with Gasteiger partial charge in [-0.3, -0.25) is 4.90 Å². The molecule has 1 N–H and O–H groups in total. The lowest BCUT2D eigenvalue weighted by molar-refractivity contribution is 0.215. The molecule has 2 heterocycles. The number of rotatable bonds is 2. The summed E-state index contributed by atoms with van der Waals surface area (Å²) in [6, 6.07) is 4.92. The minimum atomic E-state index is -0.508. The van der Waals surface area contributed by atoms with Crippen molar-refractivity contribution < 1.29 is 8.78 Å². The van der Waals surface area contributed by atoms with Crippen LogP contribution < -0.4 is 5.32 Å². The Hall–Kier alpha value is -1.00. The van der Waals surface area contributed by atoms with Gasteiger partial charge in [-0.2, -0.15) is 0 Å². The number of nitrogens with zero attached hydrogens (tertiary/aromatic N) is 1. The number of benzene rings is 1. The zero-order valence-corrected chi connectivity index (χ0v) is 8.92. The lowest BCUT2D eigenvalue weighted by Crippen LogP contribution is -2.43. The molecule has 1 aromatic rings. The fraction of sp³-hybridized carbons (Fsp3) is 0.500. The fourth-order valence-corrected chi connectivity index (χ4v) is 2.71. The molecule has 0 amide bonds. The van der Waals surface area contributed by atoms with Crippen LogP contribution in [0.1, 0.15) is 12.0 Å². The van der Waals surface area contributed by atoms with E-state index in [-0.39, 0.29) is 0 Å². The number of fused-ring (bicyclic) bond motifs is 2. The highest BCUT2D eigenvalue weighted by Gasteiger charge is 2.37.